The van der Waals surface area contributed by atoms with Crippen LogP contribution >= 0.6 is 0 Å². The number of nitrogens with zero attached hydrogens (tertiary/aromatic N) is 1. The molecule has 1 heterocycles. The number of benzene rings is 1. The molecule has 11 nitrogen and oxygen atoms in total. The maximum atomic E-state index is 13.4. The van der Waals surface area contributed by atoms with E-state index in [4.69, 9.17) is 0 Å². The summed E-state index contributed by atoms with van der Waals surface area (Å²) in [5.74, 6) is -1.94. The summed E-state index contributed by atoms with van der Waals surface area (Å²) in [4.78, 5) is 76.0. The van der Waals surface area contributed by atoms with Crippen molar-refractivity contribution in [3.63, 3.8) is 0 Å². The van der Waals surface area contributed by atoms with Gasteiger partial charge in [0.15, 0.2) is 0 Å². The van der Waals surface area contributed by atoms with Crippen molar-refractivity contribution in [3.8, 4) is 0 Å². The minimum absolute atomic E-state index is 0.111. The van der Waals surface area contributed by atoms with E-state index >= 15 is 0 Å². The van der Waals surface area contributed by atoms with E-state index in [-0.39, 0.29) is 30.1 Å². The first-order valence-corrected chi connectivity index (χ1v) is 12.9. The fourth-order valence-electron chi connectivity index (χ4n) is 4.48. The van der Waals surface area contributed by atoms with E-state index in [1.165, 1.54) is 25.8 Å². The van der Waals surface area contributed by atoms with Gasteiger partial charge in [-0.25, -0.2) is 0 Å². The smallest absolute Gasteiger partial charge is 0.245 e. The third-order valence-corrected chi connectivity index (χ3v) is 6.41. The average molecular weight is 530 g/mol. The van der Waals surface area contributed by atoms with Crippen LogP contribution < -0.4 is 21.3 Å². The minimum Gasteiger partial charge on any atom is -0.357 e. The molecule has 0 radical (unpaired) electrons. The third kappa shape index (κ3) is 8.67. The van der Waals surface area contributed by atoms with Gasteiger partial charge in [0.05, 0.1) is 0 Å². The van der Waals surface area contributed by atoms with Crippen LogP contribution in [0, 0.1) is 5.92 Å². The molecular formula is C27H39N5O6. The van der Waals surface area contributed by atoms with Gasteiger partial charge in [-0.1, -0.05) is 38.1 Å². The van der Waals surface area contributed by atoms with Gasteiger partial charge >= 0.3 is 0 Å². The van der Waals surface area contributed by atoms with E-state index in [1.54, 1.807) is 24.3 Å². The number of aldehydes is 1. The molecule has 5 amide bonds. The van der Waals surface area contributed by atoms with Crippen LogP contribution in [0.25, 0.3) is 0 Å². The van der Waals surface area contributed by atoms with Crippen LogP contribution in [-0.2, 0) is 30.4 Å². The fraction of sp³-hybridized carbons (Fsp3) is 0.556. The maximum Gasteiger partial charge on any atom is 0.245 e. The zero-order chi connectivity index (χ0) is 28.4. The van der Waals surface area contributed by atoms with Gasteiger partial charge < -0.3 is 26.2 Å². The largest absolute Gasteiger partial charge is 0.357 e. The van der Waals surface area contributed by atoms with Crippen molar-refractivity contribution < 1.29 is 28.8 Å². The topological polar surface area (TPSA) is 154 Å². The summed E-state index contributed by atoms with van der Waals surface area (Å²) < 4.78 is 0. The first kappa shape index (κ1) is 30.5. The molecule has 1 aliphatic rings. The second kappa shape index (κ2) is 14.3. The molecule has 1 aromatic carbocycles. The number of carbonyl (C=O) groups is 6. The van der Waals surface area contributed by atoms with Gasteiger partial charge in [0.1, 0.15) is 30.5 Å². The zero-order valence-corrected chi connectivity index (χ0v) is 22.7. The molecule has 208 valence electrons. The van der Waals surface area contributed by atoms with E-state index in [2.05, 4.69) is 21.3 Å². The summed E-state index contributed by atoms with van der Waals surface area (Å²) >= 11 is 0. The molecule has 2 rings (SSSR count). The number of likely N-dealkylation sites (N-methyl/N-ethyl adjacent to an activating group) is 1. The molecule has 0 unspecified atom stereocenters. The third-order valence-electron chi connectivity index (χ3n) is 6.41. The number of hydrogen-bond donors (Lipinski definition) is 4. The number of nitrogens with one attached hydrogen (secondary N) is 4. The Balaban J connectivity index is 2.23. The van der Waals surface area contributed by atoms with Crippen LogP contribution in [-0.4, -0.2) is 78.5 Å². The summed E-state index contributed by atoms with van der Waals surface area (Å²) in [6, 6.07) is 3.20. The zero-order valence-electron chi connectivity index (χ0n) is 22.7. The van der Waals surface area contributed by atoms with E-state index in [9.17, 15) is 28.8 Å². The Hall–Kier alpha value is -3.76. The van der Waals surface area contributed by atoms with Crippen molar-refractivity contribution >= 4 is 35.8 Å². The van der Waals surface area contributed by atoms with Gasteiger partial charge in [-0.15, -0.1) is 0 Å². The monoisotopic (exact) mass is 529 g/mol. The van der Waals surface area contributed by atoms with Crippen molar-refractivity contribution in [1.29, 1.82) is 0 Å². The molecular weight excluding hydrogens is 490 g/mol. The van der Waals surface area contributed by atoms with Crippen LogP contribution in [0.2, 0.25) is 0 Å². The average Bonchev–Trinajstić information content (AvgIpc) is 3.36. The Kier molecular flexibility index (Phi) is 11.4. The maximum absolute atomic E-state index is 13.4. The van der Waals surface area contributed by atoms with Crippen molar-refractivity contribution in [2.24, 2.45) is 5.92 Å². The van der Waals surface area contributed by atoms with Gasteiger partial charge in [-0.2, -0.15) is 0 Å². The summed E-state index contributed by atoms with van der Waals surface area (Å²) in [7, 11) is 1.46. The minimum atomic E-state index is -1.03. The molecule has 0 saturated carbocycles. The lowest BCUT2D eigenvalue weighted by Crippen LogP contribution is -2.58. The lowest BCUT2D eigenvalue weighted by atomic mass is 10.0. The van der Waals surface area contributed by atoms with Gasteiger partial charge in [0, 0.05) is 32.5 Å². The fourth-order valence-corrected chi connectivity index (χ4v) is 4.48. The predicted octanol–water partition coefficient (Wildman–Crippen LogP) is 0.319. The van der Waals surface area contributed by atoms with E-state index < -0.39 is 36.0 Å². The van der Waals surface area contributed by atoms with E-state index in [0.29, 0.717) is 43.2 Å². The first-order chi connectivity index (χ1) is 18.0. The summed E-state index contributed by atoms with van der Waals surface area (Å²) in [5, 5.41) is 10.5. The standard InChI is InChI=1S/C27H39N5O6/c1-16(2)13-22(30-18(4)34)27(38)32-12-6-7-23(32)26(37)31-21(25(36)29-17(3)24(35)28-5)14-19-8-10-20(15-33)11-9-19/h8-11,15-17,21-23H,6-7,12-14H2,1-5H3,(H,28,35)(H,29,36)(H,30,34)(H,31,37)/t17-,21-,22-,23-/m0/s1. The van der Waals surface area contributed by atoms with Crippen LogP contribution in [0.1, 0.15) is 62.9 Å². The Morgan fingerprint density at radius 1 is 0.974 bits per heavy atom. The van der Waals surface area contributed by atoms with Crippen molar-refractivity contribution in [3.05, 3.63) is 35.4 Å². The molecule has 1 aliphatic heterocycles. The second-order valence-corrected chi connectivity index (χ2v) is 10.0. The van der Waals surface area contributed by atoms with Gasteiger partial charge in [0.2, 0.25) is 29.5 Å². The Bertz CT molecular complexity index is 1030. The Labute approximate surface area is 223 Å². The van der Waals surface area contributed by atoms with Gasteiger partial charge in [0.25, 0.3) is 0 Å². The van der Waals surface area contributed by atoms with E-state index in [0.717, 1.165) is 0 Å². The highest BCUT2D eigenvalue weighted by Crippen LogP contribution is 2.21. The molecule has 0 aromatic heterocycles. The van der Waals surface area contributed by atoms with Crippen molar-refractivity contribution in [2.45, 2.75) is 77.5 Å². The van der Waals surface area contributed by atoms with Crippen LogP contribution in [0.4, 0.5) is 0 Å². The molecule has 4 N–H and O–H groups in total. The van der Waals surface area contributed by atoms with Gasteiger partial charge in [-0.05, 0) is 37.7 Å². The normalized spacial score (nSPS) is 17.2. The summed E-state index contributed by atoms with van der Waals surface area (Å²) in [6.07, 6.45) is 2.28. The van der Waals surface area contributed by atoms with Crippen molar-refractivity contribution in [1.82, 2.24) is 26.2 Å². The van der Waals surface area contributed by atoms with Gasteiger partial charge in [-0.3, -0.25) is 28.8 Å². The quantitative estimate of drug-likeness (QED) is 0.286. The Morgan fingerprint density at radius 3 is 2.18 bits per heavy atom. The summed E-state index contributed by atoms with van der Waals surface area (Å²) in [6.45, 7) is 7.13. The highest BCUT2D eigenvalue weighted by Gasteiger charge is 2.39. The lowest BCUT2D eigenvalue weighted by Gasteiger charge is -2.30. The molecule has 0 spiro atoms. The molecule has 0 bridgehead atoms. The van der Waals surface area contributed by atoms with Crippen molar-refractivity contribution in [2.75, 3.05) is 13.6 Å². The molecule has 11 heteroatoms. The highest BCUT2D eigenvalue weighted by atomic mass is 16.2. The van der Waals surface area contributed by atoms with Crippen LogP contribution in [0.15, 0.2) is 24.3 Å². The predicted molar refractivity (Wildman–Crippen MR) is 141 cm³/mol. The molecule has 4 atom stereocenters. The number of carbonyl (C=O) groups excluding carboxylic acids is 6. The van der Waals surface area contributed by atoms with Crippen LogP contribution in [0.5, 0.6) is 0 Å². The first-order valence-electron chi connectivity index (χ1n) is 12.9. The SMILES string of the molecule is CNC(=O)[C@H](C)NC(=O)[C@H](Cc1ccc(C=O)cc1)NC(=O)[C@@H]1CCCN1C(=O)[C@H](CC(C)C)NC(C)=O. The number of likely N-dealkylation sites (tertiary alicyclic amines) is 1. The molecule has 1 saturated heterocycles. The highest BCUT2D eigenvalue weighted by molar-refractivity contribution is 5.95. The van der Waals surface area contributed by atoms with Crippen LogP contribution in [0.3, 0.4) is 0 Å². The van der Waals surface area contributed by atoms with E-state index in [1.807, 2.05) is 13.8 Å². The molecule has 1 aromatic rings. The molecule has 1 fully saturated rings. The summed E-state index contributed by atoms with van der Waals surface area (Å²) in [5.41, 5.74) is 1.17. The molecule has 38 heavy (non-hydrogen) atoms. The second-order valence-electron chi connectivity index (χ2n) is 10.0. The molecule has 0 aliphatic carbocycles. The Morgan fingerprint density at radius 2 is 1.63 bits per heavy atom. The lowest BCUT2D eigenvalue weighted by molar-refractivity contribution is -0.142. The number of rotatable bonds is 12. The number of amides is 5. The number of hydrogen-bond acceptors (Lipinski definition) is 6.